The Kier molecular flexibility index (Phi) is 4.38. The van der Waals surface area contributed by atoms with E-state index in [1.165, 1.54) is 12.1 Å². The van der Waals surface area contributed by atoms with Gasteiger partial charge in [0, 0.05) is 12.1 Å². The van der Waals surface area contributed by atoms with Gasteiger partial charge in [0.2, 0.25) is 11.8 Å². The molecule has 1 aromatic carbocycles. The molecular weight excluding hydrogens is 285 g/mol. The lowest BCUT2D eigenvalue weighted by atomic mass is 9.87. The lowest BCUT2D eigenvalue weighted by Crippen LogP contribution is -2.65. The second kappa shape index (κ2) is 6.44. The molecule has 118 valence electrons. The van der Waals surface area contributed by atoms with Gasteiger partial charge in [-0.1, -0.05) is 25.0 Å². The average molecular weight is 305 g/mol. The number of nitrogens with one attached hydrogen (secondary N) is 3. The minimum atomic E-state index is -0.550. The Morgan fingerprint density at radius 2 is 1.95 bits per heavy atom. The van der Waals surface area contributed by atoms with Gasteiger partial charge in [-0.15, -0.1) is 0 Å². The number of carbonyl (C=O) groups excluding carboxylic acids is 2. The van der Waals surface area contributed by atoms with E-state index >= 15 is 0 Å². The molecule has 0 spiro atoms. The first-order valence-corrected chi connectivity index (χ1v) is 7.74. The van der Waals surface area contributed by atoms with Crippen LogP contribution >= 0.6 is 0 Å². The Balaban J connectivity index is 1.59. The minimum Gasteiger partial charge on any atom is -0.350 e. The number of amides is 2. The number of hydrogen-bond acceptors (Lipinski definition) is 3. The van der Waals surface area contributed by atoms with Crippen molar-refractivity contribution in [3.8, 4) is 0 Å². The topological polar surface area (TPSA) is 70.2 Å². The Hall–Kier alpha value is -1.95. The summed E-state index contributed by atoms with van der Waals surface area (Å²) in [6, 6.07) is 5.85. The van der Waals surface area contributed by atoms with E-state index in [1.807, 2.05) is 0 Å². The van der Waals surface area contributed by atoms with E-state index in [0.29, 0.717) is 0 Å². The van der Waals surface area contributed by atoms with Crippen molar-refractivity contribution in [3.05, 3.63) is 30.1 Å². The van der Waals surface area contributed by atoms with E-state index in [2.05, 4.69) is 16.0 Å². The van der Waals surface area contributed by atoms with Crippen molar-refractivity contribution in [3.63, 3.8) is 0 Å². The van der Waals surface area contributed by atoms with Crippen molar-refractivity contribution in [1.29, 1.82) is 0 Å². The Morgan fingerprint density at radius 3 is 2.73 bits per heavy atom. The third-order valence-corrected chi connectivity index (χ3v) is 4.36. The quantitative estimate of drug-likeness (QED) is 0.793. The minimum absolute atomic E-state index is 0.00336. The molecule has 1 saturated heterocycles. The number of halogens is 1. The van der Waals surface area contributed by atoms with Gasteiger partial charge in [0.25, 0.3) is 0 Å². The summed E-state index contributed by atoms with van der Waals surface area (Å²) in [7, 11) is 0. The van der Waals surface area contributed by atoms with Crippen LogP contribution < -0.4 is 16.0 Å². The first-order chi connectivity index (χ1) is 10.6. The molecular formula is C16H20FN3O2. The predicted molar refractivity (Wildman–Crippen MR) is 80.8 cm³/mol. The number of hydrogen-bond donors (Lipinski definition) is 3. The van der Waals surface area contributed by atoms with Crippen molar-refractivity contribution in [2.24, 2.45) is 0 Å². The van der Waals surface area contributed by atoms with Gasteiger partial charge in [-0.2, -0.15) is 0 Å². The van der Waals surface area contributed by atoms with Crippen LogP contribution in [0.1, 0.15) is 32.1 Å². The average Bonchev–Trinajstić information content (AvgIpc) is 2.50. The fraction of sp³-hybridized carbons (Fsp3) is 0.500. The zero-order valence-corrected chi connectivity index (χ0v) is 12.3. The maximum Gasteiger partial charge on any atom is 0.237 e. The smallest absolute Gasteiger partial charge is 0.237 e. The molecule has 6 heteroatoms. The summed E-state index contributed by atoms with van der Waals surface area (Å²) in [6.07, 6.45) is 4.26. The number of carbonyl (C=O) groups is 2. The monoisotopic (exact) mass is 305 g/mol. The van der Waals surface area contributed by atoms with Gasteiger partial charge in [-0.25, -0.2) is 4.39 Å². The molecule has 1 aliphatic heterocycles. The second-order valence-corrected chi connectivity index (χ2v) is 5.96. The first kappa shape index (κ1) is 15.0. The molecule has 0 bridgehead atoms. The van der Waals surface area contributed by atoms with Gasteiger partial charge in [-0.3, -0.25) is 9.59 Å². The van der Waals surface area contributed by atoms with Crippen molar-refractivity contribution >= 4 is 17.5 Å². The molecule has 2 amide bonds. The van der Waals surface area contributed by atoms with Gasteiger partial charge >= 0.3 is 0 Å². The van der Waals surface area contributed by atoms with E-state index in [9.17, 15) is 14.0 Å². The van der Waals surface area contributed by atoms with E-state index in [1.54, 1.807) is 12.1 Å². The molecule has 1 aliphatic carbocycles. The van der Waals surface area contributed by atoms with Gasteiger partial charge < -0.3 is 16.0 Å². The molecule has 22 heavy (non-hydrogen) atoms. The van der Waals surface area contributed by atoms with Crippen molar-refractivity contribution in [2.75, 3.05) is 5.32 Å². The maximum absolute atomic E-state index is 13.5. The highest BCUT2D eigenvalue weighted by atomic mass is 19.1. The van der Waals surface area contributed by atoms with Crippen LogP contribution in [0.3, 0.4) is 0 Å². The predicted octanol–water partition coefficient (Wildman–Crippen LogP) is 1.55. The number of para-hydroxylation sites is 1. The van der Waals surface area contributed by atoms with Crippen molar-refractivity contribution in [2.45, 2.75) is 50.2 Å². The molecule has 3 unspecified atom stereocenters. The second-order valence-electron chi connectivity index (χ2n) is 5.96. The van der Waals surface area contributed by atoms with Crippen LogP contribution in [0.2, 0.25) is 0 Å². The normalized spacial score (nSPS) is 27.7. The van der Waals surface area contributed by atoms with Gasteiger partial charge in [-0.05, 0) is 25.0 Å². The van der Waals surface area contributed by atoms with Crippen LogP contribution in [0.15, 0.2) is 24.3 Å². The highest BCUT2D eigenvalue weighted by Crippen LogP contribution is 2.22. The number of benzene rings is 1. The number of fused-ring (bicyclic) bond motifs is 1. The van der Waals surface area contributed by atoms with Crippen LogP contribution in [-0.4, -0.2) is 29.9 Å². The summed E-state index contributed by atoms with van der Waals surface area (Å²) in [6.45, 7) is 0. The molecule has 1 heterocycles. The SMILES string of the molecule is O=C(CC1NC2CCCCC2NC1=O)Nc1ccccc1F. The third-order valence-electron chi connectivity index (χ3n) is 4.36. The molecule has 0 radical (unpaired) electrons. The van der Waals surface area contributed by atoms with E-state index < -0.39 is 11.9 Å². The van der Waals surface area contributed by atoms with Crippen LogP contribution in [0, 0.1) is 5.82 Å². The van der Waals surface area contributed by atoms with Crippen LogP contribution in [0.4, 0.5) is 10.1 Å². The lowest BCUT2D eigenvalue weighted by molar-refractivity contribution is -0.129. The molecule has 3 atom stereocenters. The third kappa shape index (κ3) is 3.27. The molecule has 3 N–H and O–H groups in total. The van der Waals surface area contributed by atoms with Gasteiger partial charge in [0.05, 0.1) is 18.2 Å². The zero-order chi connectivity index (χ0) is 15.5. The lowest BCUT2D eigenvalue weighted by Gasteiger charge is -2.40. The summed E-state index contributed by atoms with van der Waals surface area (Å²) < 4.78 is 13.5. The van der Waals surface area contributed by atoms with Gasteiger partial charge in [0.15, 0.2) is 0 Å². The highest BCUT2D eigenvalue weighted by molar-refractivity contribution is 5.95. The molecule has 2 aliphatic rings. The van der Waals surface area contributed by atoms with Crippen LogP contribution in [0.5, 0.6) is 0 Å². The van der Waals surface area contributed by atoms with Crippen molar-refractivity contribution in [1.82, 2.24) is 10.6 Å². The van der Waals surface area contributed by atoms with E-state index in [4.69, 9.17) is 0 Å². The van der Waals surface area contributed by atoms with Crippen molar-refractivity contribution < 1.29 is 14.0 Å². The molecule has 1 aromatic rings. The van der Waals surface area contributed by atoms with Crippen LogP contribution in [0.25, 0.3) is 0 Å². The molecule has 0 aromatic heterocycles. The Morgan fingerprint density at radius 1 is 1.23 bits per heavy atom. The molecule has 2 fully saturated rings. The van der Waals surface area contributed by atoms with E-state index in [-0.39, 0.29) is 36.0 Å². The number of anilines is 1. The molecule has 3 rings (SSSR count). The summed E-state index contributed by atoms with van der Waals surface area (Å²) in [4.78, 5) is 24.1. The fourth-order valence-corrected chi connectivity index (χ4v) is 3.22. The largest absolute Gasteiger partial charge is 0.350 e. The Bertz CT molecular complexity index is 578. The molecule has 1 saturated carbocycles. The maximum atomic E-state index is 13.5. The highest BCUT2D eigenvalue weighted by Gasteiger charge is 2.36. The standard InChI is InChI=1S/C16H20FN3O2/c17-10-5-1-2-6-11(10)19-15(21)9-14-16(22)20-13-8-4-3-7-12(13)18-14/h1-2,5-6,12-14,18H,3-4,7-9H2,(H,19,21)(H,20,22). The number of rotatable bonds is 3. The zero-order valence-electron chi connectivity index (χ0n) is 12.3. The number of piperazine rings is 1. The summed E-state index contributed by atoms with van der Waals surface area (Å²) in [5.74, 6) is -0.997. The van der Waals surface area contributed by atoms with Crippen LogP contribution in [-0.2, 0) is 9.59 Å². The fourth-order valence-electron chi connectivity index (χ4n) is 3.22. The summed E-state index contributed by atoms with van der Waals surface area (Å²) in [5.41, 5.74) is 0.138. The molecule has 5 nitrogen and oxygen atoms in total. The van der Waals surface area contributed by atoms with E-state index in [0.717, 1.165) is 25.7 Å². The summed E-state index contributed by atoms with van der Waals surface area (Å²) in [5, 5.41) is 8.78. The summed E-state index contributed by atoms with van der Waals surface area (Å²) >= 11 is 0. The first-order valence-electron chi connectivity index (χ1n) is 7.74. The van der Waals surface area contributed by atoms with Gasteiger partial charge in [0.1, 0.15) is 5.82 Å². The Labute approximate surface area is 128 Å².